The van der Waals surface area contributed by atoms with Gasteiger partial charge in [0.15, 0.2) is 9.84 Å². The summed E-state index contributed by atoms with van der Waals surface area (Å²) >= 11 is 0. The van der Waals surface area contributed by atoms with E-state index in [1.165, 1.54) is 6.42 Å². The van der Waals surface area contributed by atoms with Crippen molar-refractivity contribution in [1.29, 1.82) is 0 Å². The van der Waals surface area contributed by atoms with Crippen molar-refractivity contribution in [3.05, 3.63) is 30.3 Å². The van der Waals surface area contributed by atoms with Crippen molar-refractivity contribution in [2.75, 3.05) is 39.5 Å². The molecule has 1 heterocycles. The van der Waals surface area contributed by atoms with Gasteiger partial charge >= 0.3 is 0 Å². The Morgan fingerprint density at radius 3 is 2.45 bits per heavy atom. The molecule has 2 rings (SSSR count). The first-order valence-corrected chi connectivity index (χ1v) is 9.56. The summed E-state index contributed by atoms with van der Waals surface area (Å²) in [5.74, 6) is 0.762. The van der Waals surface area contributed by atoms with Gasteiger partial charge in [-0.2, -0.15) is 0 Å². The summed E-state index contributed by atoms with van der Waals surface area (Å²) in [6.07, 6.45) is 1.18. The molecule has 124 valence electrons. The Hall–Kier alpha value is -0.910. The maximum Gasteiger partial charge on any atom is 0.179 e. The molecule has 0 aromatic heterocycles. The predicted octanol–water partition coefficient (Wildman–Crippen LogP) is 2.12. The molecule has 5 heteroatoms. The second-order valence-corrected chi connectivity index (χ2v) is 9.06. The molecule has 1 saturated heterocycles. The minimum atomic E-state index is -3.18. The van der Waals surface area contributed by atoms with Crippen LogP contribution in [0.2, 0.25) is 0 Å². The number of sulfone groups is 1. The normalized spacial score (nSPS) is 22.3. The van der Waals surface area contributed by atoms with E-state index in [9.17, 15) is 8.42 Å². The zero-order valence-corrected chi connectivity index (χ0v) is 14.9. The zero-order chi connectivity index (χ0) is 16.4. The van der Waals surface area contributed by atoms with Gasteiger partial charge in [-0.3, -0.25) is 0 Å². The van der Waals surface area contributed by atoms with Gasteiger partial charge in [-0.25, -0.2) is 8.42 Å². The molecule has 1 aromatic carbocycles. The van der Waals surface area contributed by atoms with Crippen LogP contribution in [-0.2, 0) is 9.84 Å². The van der Waals surface area contributed by atoms with Gasteiger partial charge in [-0.15, -0.1) is 0 Å². The van der Waals surface area contributed by atoms with Crippen molar-refractivity contribution < 1.29 is 8.42 Å². The maximum absolute atomic E-state index is 12.3. The fourth-order valence-electron chi connectivity index (χ4n) is 3.11. The summed E-state index contributed by atoms with van der Waals surface area (Å²) in [6, 6.07) is 8.72. The van der Waals surface area contributed by atoms with E-state index in [1.54, 1.807) is 24.3 Å². The fourth-order valence-corrected chi connectivity index (χ4v) is 4.47. The molecule has 1 aliphatic rings. The van der Waals surface area contributed by atoms with Crippen LogP contribution in [0.3, 0.4) is 0 Å². The average molecular weight is 324 g/mol. The number of hydrogen-bond donors (Lipinski definition) is 0. The van der Waals surface area contributed by atoms with Crippen LogP contribution in [0.4, 0.5) is 0 Å². The molecule has 1 atom stereocenters. The number of likely N-dealkylation sites (tertiary alicyclic amines) is 1. The van der Waals surface area contributed by atoms with Gasteiger partial charge in [0, 0.05) is 18.6 Å². The van der Waals surface area contributed by atoms with Crippen molar-refractivity contribution in [1.82, 2.24) is 9.80 Å². The second kappa shape index (κ2) is 6.69. The van der Waals surface area contributed by atoms with Crippen molar-refractivity contribution in [3.8, 4) is 0 Å². The number of benzene rings is 1. The molecule has 1 aliphatic heterocycles. The summed E-state index contributed by atoms with van der Waals surface area (Å²) in [5, 5.41) is 0. The van der Waals surface area contributed by atoms with Crippen LogP contribution in [0.15, 0.2) is 35.2 Å². The Morgan fingerprint density at radius 2 is 1.91 bits per heavy atom. The average Bonchev–Trinajstić information content (AvgIpc) is 2.73. The monoisotopic (exact) mass is 324 g/mol. The SMILES string of the molecule is CN(CCS(=O)(=O)c1ccccc1)C[C@@H]1CCN(C)C1(C)C. The number of nitrogens with zero attached hydrogens (tertiary/aromatic N) is 2. The smallest absolute Gasteiger partial charge is 0.179 e. The molecule has 0 amide bonds. The largest absolute Gasteiger partial charge is 0.305 e. The van der Waals surface area contributed by atoms with E-state index in [2.05, 4.69) is 30.7 Å². The Labute approximate surface area is 135 Å². The molecule has 0 saturated carbocycles. The van der Waals surface area contributed by atoms with Crippen LogP contribution >= 0.6 is 0 Å². The highest BCUT2D eigenvalue weighted by Gasteiger charge is 2.39. The van der Waals surface area contributed by atoms with E-state index in [1.807, 2.05) is 13.1 Å². The van der Waals surface area contributed by atoms with Crippen LogP contribution in [0.1, 0.15) is 20.3 Å². The lowest BCUT2D eigenvalue weighted by Gasteiger charge is -2.35. The van der Waals surface area contributed by atoms with Gasteiger partial charge in [0.25, 0.3) is 0 Å². The van der Waals surface area contributed by atoms with Crippen molar-refractivity contribution in [2.45, 2.75) is 30.7 Å². The summed E-state index contributed by atoms with van der Waals surface area (Å²) in [6.45, 7) is 7.20. The number of hydrogen-bond acceptors (Lipinski definition) is 4. The van der Waals surface area contributed by atoms with Gasteiger partial charge in [0.2, 0.25) is 0 Å². The molecule has 4 nitrogen and oxygen atoms in total. The highest BCUT2D eigenvalue weighted by Crippen LogP contribution is 2.33. The van der Waals surface area contributed by atoms with Gasteiger partial charge in [0.05, 0.1) is 10.6 Å². The van der Waals surface area contributed by atoms with E-state index in [0.717, 1.165) is 13.1 Å². The van der Waals surface area contributed by atoms with Crippen LogP contribution in [0.25, 0.3) is 0 Å². The lowest BCUT2D eigenvalue weighted by molar-refractivity contribution is 0.144. The van der Waals surface area contributed by atoms with E-state index >= 15 is 0 Å². The standard InChI is InChI=1S/C17H28N2O2S/c1-17(2)15(10-11-19(17)4)14-18(3)12-13-22(20,21)16-8-6-5-7-9-16/h5-9,15H,10-14H2,1-4H3/t15-/m0/s1. The maximum atomic E-state index is 12.3. The molecule has 0 spiro atoms. The molecule has 0 radical (unpaired) electrons. The molecule has 0 N–H and O–H groups in total. The topological polar surface area (TPSA) is 40.6 Å². The first kappa shape index (κ1) is 17.4. The minimum absolute atomic E-state index is 0.177. The van der Waals surface area contributed by atoms with E-state index < -0.39 is 9.84 Å². The first-order chi connectivity index (χ1) is 10.2. The molecule has 1 fully saturated rings. The van der Waals surface area contributed by atoms with Crippen molar-refractivity contribution in [2.24, 2.45) is 5.92 Å². The third-order valence-electron chi connectivity index (χ3n) is 5.17. The Kier molecular flexibility index (Phi) is 5.30. The highest BCUT2D eigenvalue weighted by atomic mass is 32.2. The summed E-state index contributed by atoms with van der Waals surface area (Å²) < 4.78 is 24.6. The quantitative estimate of drug-likeness (QED) is 0.804. The van der Waals surface area contributed by atoms with Crippen molar-refractivity contribution in [3.63, 3.8) is 0 Å². The van der Waals surface area contributed by atoms with Crippen LogP contribution in [0, 0.1) is 5.92 Å². The van der Waals surface area contributed by atoms with Crippen LogP contribution in [-0.4, -0.2) is 63.2 Å². The van der Waals surface area contributed by atoms with Gasteiger partial charge in [-0.1, -0.05) is 18.2 Å². The van der Waals surface area contributed by atoms with Crippen molar-refractivity contribution >= 4 is 9.84 Å². The lowest BCUT2D eigenvalue weighted by atomic mass is 9.88. The van der Waals surface area contributed by atoms with Crippen LogP contribution < -0.4 is 0 Å². The Morgan fingerprint density at radius 1 is 1.27 bits per heavy atom. The van der Waals surface area contributed by atoms with E-state index in [0.29, 0.717) is 17.4 Å². The Balaban J connectivity index is 1.90. The molecular formula is C17H28N2O2S. The van der Waals surface area contributed by atoms with Gasteiger partial charge in [-0.05, 0) is 59.0 Å². The lowest BCUT2D eigenvalue weighted by Crippen LogP contribution is -2.44. The Bertz CT molecular complexity index is 584. The van der Waals surface area contributed by atoms with Crippen LogP contribution in [0.5, 0.6) is 0 Å². The molecular weight excluding hydrogens is 296 g/mol. The third kappa shape index (κ3) is 3.89. The fraction of sp³-hybridized carbons (Fsp3) is 0.647. The molecule has 22 heavy (non-hydrogen) atoms. The first-order valence-electron chi connectivity index (χ1n) is 7.91. The minimum Gasteiger partial charge on any atom is -0.305 e. The molecule has 1 aromatic rings. The molecule has 0 bridgehead atoms. The van der Waals surface area contributed by atoms with E-state index in [-0.39, 0.29) is 11.3 Å². The summed E-state index contributed by atoms with van der Waals surface area (Å²) in [5.41, 5.74) is 0.187. The molecule has 0 aliphatic carbocycles. The van der Waals surface area contributed by atoms with Gasteiger partial charge < -0.3 is 9.80 Å². The summed E-state index contributed by atoms with van der Waals surface area (Å²) in [7, 11) is 1.01. The second-order valence-electron chi connectivity index (χ2n) is 6.95. The third-order valence-corrected chi connectivity index (χ3v) is 6.88. The van der Waals surface area contributed by atoms with E-state index in [4.69, 9.17) is 0 Å². The zero-order valence-electron chi connectivity index (χ0n) is 14.1. The predicted molar refractivity (Wildman–Crippen MR) is 90.8 cm³/mol. The van der Waals surface area contributed by atoms with Gasteiger partial charge in [0.1, 0.15) is 0 Å². The summed E-state index contributed by atoms with van der Waals surface area (Å²) in [4.78, 5) is 4.97. The number of rotatable bonds is 6. The molecule has 0 unspecified atom stereocenters. The highest BCUT2D eigenvalue weighted by molar-refractivity contribution is 7.91.